The summed E-state index contributed by atoms with van der Waals surface area (Å²) < 4.78 is 0. The molecule has 5 nitrogen and oxygen atoms in total. The van der Waals surface area contributed by atoms with E-state index in [4.69, 9.17) is 5.11 Å². The van der Waals surface area contributed by atoms with Crippen LogP contribution >= 0.6 is 11.8 Å². The monoisotopic (exact) mass is 346 g/mol. The maximum atomic E-state index is 11.0. The quantitative estimate of drug-likeness (QED) is 0.824. The average molecular weight is 346 g/mol. The maximum absolute atomic E-state index is 11.0. The zero-order valence-electron chi connectivity index (χ0n) is 13.2. The first kappa shape index (κ1) is 19.6. The first-order valence-corrected chi connectivity index (χ1v) is 8.21. The van der Waals surface area contributed by atoms with Gasteiger partial charge in [0.15, 0.2) is 16.7 Å². The van der Waals surface area contributed by atoms with E-state index in [1.807, 2.05) is 30.3 Å². The Kier molecular flexibility index (Phi) is 8.43. The standard InChI is InChI=1S/C12H14O3S.C6H4O2/c1-9(13)16-8-11(12(14)15)7-10-5-3-2-4-6-10;7-5-1-2-6(8)4-3-5/h2-6,11H,7-8H2,1H3,(H,14,15);1-4H/t11-;/m1./s1. The molecule has 0 aliphatic heterocycles. The highest BCUT2D eigenvalue weighted by atomic mass is 32.2. The molecule has 0 aromatic heterocycles. The Balaban J connectivity index is 0.000000300. The van der Waals surface area contributed by atoms with E-state index in [0.29, 0.717) is 12.2 Å². The molecule has 0 bridgehead atoms. The van der Waals surface area contributed by atoms with Crippen LogP contribution in [0.25, 0.3) is 0 Å². The van der Waals surface area contributed by atoms with Gasteiger partial charge in [0.2, 0.25) is 0 Å². The minimum absolute atomic E-state index is 0.0423. The predicted octanol–water partition coefficient (Wildman–Crippen LogP) is 2.46. The molecule has 0 radical (unpaired) electrons. The largest absolute Gasteiger partial charge is 0.481 e. The number of rotatable bonds is 5. The Morgan fingerprint density at radius 1 is 1.00 bits per heavy atom. The molecule has 6 heteroatoms. The number of carbonyl (C=O) groups is 4. The summed E-state index contributed by atoms with van der Waals surface area (Å²) in [5.74, 6) is -1.26. The third-order valence-electron chi connectivity index (χ3n) is 2.99. The second-order valence-electron chi connectivity index (χ2n) is 5.00. The zero-order valence-corrected chi connectivity index (χ0v) is 14.0. The molecule has 0 saturated carbocycles. The fourth-order valence-electron chi connectivity index (χ4n) is 1.77. The smallest absolute Gasteiger partial charge is 0.307 e. The normalized spacial score (nSPS) is 13.9. The first-order chi connectivity index (χ1) is 11.4. The van der Waals surface area contributed by atoms with Crippen molar-refractivity contribution in [2.24, 2.45) is 5.92 Å². The van der Waals surface area contributed by atoms with Crippen molar-refractivity contribution in [3.05, 3.63) is 60.2 Å². The summed E-state index contributed by atoms with van der Waals surface area (Å²) >= 11 is 1.07. The van der Waals surface area contributed by atoms with Gasteiger partial charge in [0.25, 0.3) is 0 Å². The van der Waals surface area contributed by atoms with Gasteiger partial charge in [-0.15, -0.1) is 0 Å². The van der Waals surface area contributed by atoms with Crippen molar-refractivity contribution in [2.75, 3.05) is 5.75 Å². The average Bonchev–Trinajstić information content (AvgIpc) is 2.55. The van der Waals surface area contributed by atoms with E-state index < -0.39 is 11.9 Å². The van der Waals surface area contributed by atoms with Gasteiger partial charge in [0, 0.05) is 12.7 Å². The van der Waals surface area contributed by atoms with Gasteiger partial charge in [0.1, 0.15) is 0 Å². The molecule has 1 aliphatic rings. The Bertz CT molecular complexity index is 623. The fraction of sp³-hybridized carbons (Fsp3) is 0.222. The van der Waals surface area contributed by atoms with Gasteiger partial charge in [-0.25, -0.2) is 0 Å². The highest BCUT2D eigenvalue weighted by molar-refractivity contribution is 8.13. The van der Waals surface area contributed by atoms with Gasteiger partial charge in [-0.05, 0) is 36.3 Å². The molecule has 1 aromatic carbocycles. The lowest BCUT2D eigenvalue weighted by molar-refractivity contribution is -0.140. The van der Waals surface area contributed by atoms with Crippen molar-refractivity contribution < 1.29 is 24.3 Å². The van der Waals surface area contributed by atoms with Crippen LogP contribution in [0.5, 0.6) is 0 Å². The Morgan fingerprint density at radius 2 is 1.50 bits per heavy atom. The molecule has 0 fully saturated rings. The van der Waals surface area contributed by atoms with Crippen LogP contribution < -0.4 is 0 Å². The van der Waals surface area contributed by atoms with Crippen molar-refractivity contribution in [1.82, 2.24) is 0 Å². The molecule has 0 spiro atoms. The van der Waals surface area contributed by atoms with Gasteiger partial charge in [0.05, 0.1) is 5.92 Å². The first-order valence-electron chi connectivity index (χ1n) is 7.22. The van der Waals surface area contributed by atoms with E-state index in [0.717, 1.165) is 17.3 Å². The molecule has 1 aliphatic carbocycles. The van der Waals surface area contributed by atoms with E-state index in [2.05, 4.69) is 0 Å². The number of carboxylic acids is 1. The molecular weight excluding hydrogens is 328 g/mol. The molecule has 126 valence electrons. The van der Waals surface area contributed by atoms with Gasteiger partial charge >= 0.3 is 5.97 Å². The SMILES string of the molecule is CC(=O)SC[C@@H](Cc1ccccc1)C(=O)O.O=C1C=CC(=O)C=C1. The molecule has 0 saturated heterocycles. The molecule has 1 N–H and O–H groups in total. The maximum Gasteiger partial charge on any atom is 0.307 e. The lowest BCUT2D eigenvalue weighted by Gasteiger charge is -2.10. The van der Waals surface area contributed by atoms with Crippen molar-refractivity contribution >= 4 is 34.4 Å². The number of aliphatic carboxylic acids is 1. The molecule has 0 heterocycles. The summed E-state index contributed by atoms with van der Waals surface area (Å²) in [6.07, 6.45) is 5.48. The van der Waals surface area contributed by atoms with Crippen LogP contribution in [0.3, 0.4) is 0 Å². The summed E-state index contributed by atoms with van der Waals surface area (Å²) in [6, 6.07) is 9.45. The van der Waals surface area contributed by atoms with Crippen LogP contribution in [0.4, 0.5) is 0 Å². The van der Waals surface area contributed by atoms with Gasteiger partial charge < -0.3 is 5.11 Å². The molecule has 0 amide bonds. The Labute approximate surface area is 144 Å². The number of hydrogen-bond acceptors (Lipinski definition) is 5. The Morgan fingerprint density at radius 3 is 1.92 bits per heavy atom. The van der Waals surface area contributed by atoms with Crippen LogP contribution in [0, 0.1) is 5.92 Å². The van der Waals surface area contributed by atoms with Crippen LogP contribution in [-0.4, -0.2) is 33.5 Å². The minimum atomic E-state index is -0.849. The third kappa shape index (κ3) is 8.24. The molecule has 24 heavy (non-hydrogen) atoms. The summed E-state index contributed by atoms with van der Waals surface area (Å²) in [6.45, 7) is 1.45. The van der Waals surface area contributed by atoms with Crippen molar-refractivity contribution in [1.29, 1.82) is 0 Å². The number of thioether (sulfide) groups is 1. The lowest BCUT2D eigenvalue weighted by Crippen LogP contribution is -2.19. The number of carboxylic acid groups (broad SMARTS) is 1. The van der Waals surface area contributed by atoms with E-state index in [-0.39, 0.29) is 16.7 Å². The van der Waals surface area contributed by atoms with E-state index in [9.17, 15) is 19.2 Å². The van der Waals surface area contributed by atoms with Crippen LogP contribution in [-0.2, 0) is 25.6 Å². The summed E-state index contributed by atoms with van der Waals surface area (Å²) in [5, 5.41) is 8.98. The minimum Gasteiger partial charge on any atom is -0.481 e. The molecule has 2 rings (SSSR count). The van der Waals surface area contributed by atoms with Crippen molar-refractivity contribution in [3.8, 4) is 0 Å². The van der Waals surface area contributed by atoms with E-state index in [1.54, 1.807) is 0 Å². The van der Waals surface area contributed by atoms with Gasteiger partial charge in [-0.2, -0.15) is 0 Å². The van der Waals surface area contributed by atoms with Crippen LogP contribution in [0.15, 0.2) is 54.6 Å². The number of ketones is 2. The van der Waals surface area contributed by atoms with Gasteiger partial charge in [-0.3, -0.25) is 19.2 Å². The van der Waals surface area contributed by atoms with Crippen molar-refractivity contribution in [3.63, 3.8) is 0 Å². The van der Waals surface area contributed by atoms with Gasteiger partial charge in [-0.1, -0.05) is 42.1 Å². The predicted molar refractivity (Wildman–Crippen MR) is 92.7 cm³/mol. The zero-order chi connectivity index (χ0) is 17.9. The second-order valence-corrected chi connectivity index (χ2v) is 6.20. The van der Waals surface area contributed by atoms with E-state index >= 15 is 0 Å². The lowest BCUT2D eigenvalue weighted by atomic mass is 10.0. The molecule has 1 aromatic rings. The topological polar surface area (TPSA) is 88.5 Å². The summed E-state index contributed by atoms with van der Waals surface area (Å²) in [4.78, 5) is 42.4. The van der Waals surface area contributed by atoms with Crippen LogP contribution in [0.2, 0.25) is 0 Å². The van der Waals surface area contributed by atoms with Crippen LogP contribution in [0.1, 0.15) is 12.5 Å². The van der Waals surface area contributed by atoms with E-state index in [1.165, 1.54) is 31.2 Å². The third-order valence-corrected chi connectivity index (χ3v) is 3.96. The number of benzene rings is 1. The highest BCUT2D eigenvalue weighted by Gasteiger charge is 2.18. The fourth-order valence-corrected chi connectivity index (χ4v) is 2.47. The Hall–Kier alpha value is -2.47. The molecule has 1 atom stereocenters. The number of allylic oxidation sites excluding steroid dienone is 4. The summed E-state index contributed by atoms with van der Waals surface area (Å²) in [5.41, 5.74) is 0.985. The highest BCUT2D eigenvalue weighted by Crippen LogP contribution is 2.15. The molecular formula is C18H18O5S. The number of carbonyl (C=O) groups excluding carboxylic acids is 3. The summed E-state index contributed by atoms with van der Waals surface area (Å²) in [7, 11) is 0. The van der Waals surface area contributed by atoms with Crippen molar-refractivity contribution in [2.45, 2.75) is 13.3 Å². The molecule has 0 unspecified atom stereocenters. The second kappa shape index (κ2) is 10.3. The number of hydrogen-bond donors (Lipinski definition) is 1.